The Morgan fingerprint density at radius 3 is 2.41 bits per heavy atom. The summed E-state index contributed by atoms with van der Waals surface area (Å²) in [7, 11) is -1.91. The Bertz CT molecular complexity index is 783. The van der Waals surface area contributed by atoms with Gasteiger partial charge >= 0.3 is 13.1 Å². The number of aromatic carboxylic acids is 1. The van der Waals surface area contributed by atoms with E-state index in [1.165, 1.54) is 18.2 Å². The lowest BCUT2D eigenvalue weighted by molar-refractivity contribution is -0.126. The van der Waals surface area contributed by atoms with E-state index in [-0.39, 0.29) is 30.8 Å². The highest BCUT2D eigenvalue weighted by atomic mass is 16.5. The Hall–Kier alpha value is -2.88. The van der Waals surface area contributed by atoms with E-state index in [9.17, 15) is 24.7 Å². The van der Waals surface area contributed by atoms with E-state index < -0.39 is 30.7 Å². The first kappa shape index (κ1) is 20.4. The average Bonchev–Trinajstić information content (AvgIpc) is 2.63. The van der Waals surface area contributed by atoms with Crippen LogP contribution in [0.2, 0.25) is 0 Å². The van der Waals surface area contributed by atoms with Crippen LogP contribution in [0.25, 0.3) is 0 Å². The Balaban J connectivity index is 1.94. The van der Waals surface area contributed by atoms with E-state index in [0.717, 1.165) is 5.56 Å². The minimum Gasteiger partial charge on any atom is -0.507 e. The summed E-state index contributed by atoms with van der Waals surface area (Å²) in [5.41, 5.74) is 0.745. The van der Waals surface area contributed by atoms with E-state index in [2.05, 4.69) is 5.32 Å². The average molecular weight is 373 g/mol. The van der Waals surface area contributed by atoms with Crippen LogP contribution in [0.1, 0.15) is 21.5 Å². The highest BCUT2D eigenvalue weighted by Gasteiger charge is 2.27. The van der Waals surface area contributed by atoms with Gasteiger partial charge in [0.25, 0.3) is 0 Å². The molecule has 0 spiro atoms. The SMILES string of the molecule is O=C(COCc1ccccc1)N[C@@H](Cc1cccc(C(=O)O)c1O)B(O)O. The van der Waals surface area contributed by atoms with Gasteiger partial charge in [0, 0.05) is 0 Å². The van der Waals surface area contributed by atoms with E-state index in [1.54, 1.807) is 0 Å². The summed E-state index contributed by atoms with van der Waals surface area (Å²) in [6.45, 7) is -0.0681. The molecule has 1 amide bonds. The summed E-state index contributed by atoms with van der Waals surface area (Å²) < 4.78 is 5.28. The van der Waals surface area contributed by atoms with Crippen LogP contribution < -0.4 is 5.32 Å². The van der Waals surface area contributed by atoms with Crippen molar-refractivity contribution in [1.82, 2.24) is 5.32 Å². The van der Waals surface area contributed by atoms with E-state index in [1.807, 2.05) is 30.3 Å². The molecular formula is C18H20BNO7. The third kappa shape index (κ3) is 6.10. The molecule has 9 heteroatoms. The molecular weight excluding hydrogens is 353 g/mol. The molecule has 27 heavy (non-hydrogen) atoms. The van der Waals surface area contributed by atoms with Crippen molar-refractivity contribution in [2.75, 3.05) is 6.61 Å². The summed E-state index contributed by atoms with van der Waals surface area (Å²) in [6, 6.07) is 13.3. The monoisotopic (exact) mass is 373 g/mol. The maximum atomic E-state index is 12.0. The Morgan fingerprint density at radius 2 is 1.78 bits per heavy atom. The third-order valence-electron chi connectivity index (χ3n) is 3.84. The molecule has 0 radical (unpaired) electrons. The van der Waals surface area contributed by atoms with Gasteiger partial charge in [-0.05, 0) is 23.6 Å². The summed E-state index contributed by atoms with van der Waals surface area (Å²) in [4.78, 5) is 23.0. The maximum Gasteiger partial charge on any atom is 0.475 e. The Kier molecular flexibility index (Phi) is 7.36. The zero-order valence-electron chi connectivity index (χ0n) is 14.4. The van der Waals surface area contributed by atoms with Crippen LogP contribution in [0.15, 0.2) is 48.5 Å². The molecule has 2 aromatic carbocycles. The van der Waals surface area contributed by atoms with Crippen LogP contribution in [0.3, 0.4) is 0 Å². The smallest absolute Gasteiger partial charge is 0.475 e. The van der Waals surface area contributed by atoms with Crippen LogP contribution in [-0.4, -0.2) is 51.8 Å². The largest absolute Gasteiger partial charge is 0.507 e. The van der Waals surface area contributed by atoms with Crippen molar-refractivity contribution in [3.63, 3.8) is 0 Å². The first-order valence-electron chi connectivity index (χ1n) is 8.19. The number of hydrogen-bond donors (Lipinski definition) is 5. The minimum atomic E-state index is -1.91. The zero-order chi connectivity index (χ0) is 19.8. The van der Waals surface area contributed by atoms with Gasteiger partial charge in [0.05, 0.1) is 12.5 Å². The fraction of sp³-hybridized carbons (Fsp3) is 0.222. The van der Waals surface area contributed by atoms with Crippen LogP contribution in [0, 0.1) is 0 Å². The molecule has 0 fully saturated rings. The Labute approximate surface area is 156 Å². The predicted molar refractivity (Wildman–Crippen MR) is 97.0 cm³/mol. The normalized spacial score (nSPS) is 11.6. The maximum absolute atomic E-state index is 12.0. The highest BCUT2D eigenvalue weighted by Crippen LogP contribution is 2.24. The molecule has 2 rings (SSSR count). The first-order chi connectivity index (χ1) is 12.9. The van der Waals surface area contributed by atoms with Crippen LogP contribution in [-0.2, 0) is 22.6 Å². The zero-order valence-corrected chi connectivity index (χ0v) is 14.4. The number of para-hydroxylation sites is 1. The van der Waals surface area contributed by atoms with E-state index in [4.69, 9.17) is 9.84 Å². The van der Waals surface area contributed by atoms with Gasteiger partial charge in [-0.2, -0.15) is 0 Å². The van der Waals surface area contributed by atoms with Crippen LogP contribution in [0.4, 0.5) is 0 Å². The summed E-state index contributed by atoms with van der Waals surface area (Å²) in [6.07, 6.45) is -0.172. The molecule has 5 N–H and O–H groups in total. The molecule has 0 saturated heterocycles. The topological polar surface area (TPSA) is 136 Å². The molecule has 1 atom stereocenters. The number of nitrogens with one attached hydrogen (secondary N) is 1. The summed E-state index contributed by atoms with van der Waals surface area (Å²) in [5.74, 6) is -3.51. The number of hydrogen-bond acceptors (Lipinski definition) is 6. The lowest BCUT2D eigenvalue weighted by atomic mass is 9.75. The van der Waals surface area contributed by atoms with Gasteiger partial charge in [-0.3, -0.25) is 4.79 Å². The van der Waals surface area contributed by atoms with Crippen molar-refractivity contribution in [2.45, 2.75) is 19.0 Å². The van der Waals surface area contributed by atoms with Gasteiger partial charge in [-0.25, -0.2) is 4.79 Å². The van der Waals surface area contributed by atoms with Crippen molar-refractivity contribution >= 4 is 19.0 Å². The van der Waals surface area contributed by atoms with E-state index in [0.29, 0.717) is 0 Å². The van der Waals surface area contributed by atoms with Crippen molar-refractivity contribution in [3.05, 3.63) is 65.2 Å². The number of carboxylic acid groups (broad SMARTS) is 1. The van der Waals surface area contributed by atoms with Crippen LogP contribution in [0.5, 0.6) is 5.75 Å². The van der Waals surface area contributed by atoms with Gasteiger partial charge < -0.3 is 30.3 Å². The number of benzene rings is 2. The summed E-state index contributed by atoms with van der Waals surface area (Å²) >= 11 is 0. The number of ether oxygens (including phenoxy) is 1. The summed E-state index contributed by atoms with van der Waals surface area (Å²) in [5, 5.41) is 40.4. The van der Waals surface area contributed by atoms with Gasteiger partial charge in [0.2, 0.25) is 5.91 Å². The molecule has 0 unspecified atom stereocenters. The van der Waals surface area contributed by atoms with Gasteiger partial charge in [-0.1, -0.05) is 42.5 Å². The molecule has 0 aromatic heterocycles. The van der Waals surface area contributed by atoms with Crippen LogP contribution >= 0.6 is 0 Å². The molecule has 8 nitrogen and oxygen atoms in total. The molecule has 0 aliphatic rings. The molecule has 0 aliphatic heterocycles. The second-order valence-corrected chi connectivity index (χ2v) is 5.89. The highest BCUT2D eigenvalue weighted by molar-refractivity contribution is 6.43. The third-order valence-corrected chi connectivity index (χ3v) is 3.84. The molecule has 142 valence electrons. The lowest BCUT2D eigenvalue weighted by Crippen LogP contribution is -2.49. The second kappa shape index (κ2) is 9.72. The fourth-order valence-electron chi connectivity index (χ4n) is 2.48. The number of carbonyl (C=O) groups is 2. The number of carbonyl (C=O) groups excluding carboxylic acids is 1. The van der Waals surface area contributed by atoms with Crippen molar-refractivity contribution < 1.29 is 34.6 Å². The van der Waals surface area contributed by atoms with Crippen molar-refractivity contribution in [3.8, 4) is 5.75 Å². The van der Waals surface area contributed by atoms with Crippen molar-refractivity contribution in [1.29, 1.82) is 0 Å². The predicted octanol–water partition coefficient (Wildman–Crippen LogP) is 0.347. The van der Waals surface area contributed by atoms with Gasteiger partial charge in [0.1, 0.15) is 17.9 Å². The number of rotatable bonds is 9. The van der Waals surface area contributed by atoms with E-state index >= 15 is 0 Å². The quantitative estimate of drug-likeness (QED) is 0.400. The van der Waals surface area contributed by atoms with Gasteiger partial charge in [-0.15, -0.1) is 0 Å². The first-order valence-corrected chi connectivity index (χ1v) is 8.19. The fourth-order valence-corrected chi connectivity index (χ4v) is 2.48. The molecule has 0 bridgehead atoms. The number of amides is 1. The molecule has 0 aliphatic carbocycles. The minimum absolute atomic E-state index is 0.165. The Morgan fingerprint density at radius 1 is 1.07 bits per heavy atom. The number of aromatic hydroxyl groups is 1. The van der Waals surface area contributed by atoms with Gasteiger partial charge in [0.15, 0.2) is 0 Å². The lowest BCUT2D eigenvalue weighted by Gasteiger charge is -2.19. The van der Waals surface area contributed by atoms with Crippen molar-refractivity contribution in [2.24, 2.45) is 0 Å². The number of carboxylic acids is 1. The molecule has 2 aromatic rings. The standard InChI is InChI=1S/C18H20BNO7/c21-16(11-27-10-12-5-2-1-3-6-12)20-15(19(25)26)9-13-7-4-8-14(17(13)22)18(23)24/h1-8,15,22,25-26H,9-11H2,(H,20,21)(H,23,24)/t15-/m0/s1. The molecule has 0 heterocycles. The second-order valence-electron chi connectivity index (χ2n) is 5.89. The number of phenols is 1. The molecule has 0 saturated carbocycles.